The lowest BCUT2D eigenvalue weighted by Gasteiger charge is -2.12. The van der Waals surface area contributed by atoms with Gasteiger partial charge in [-0.2, -0.15) is 0 Å². The Morgan fingerprint density at radius 3 is 2.33 bits per heavy atom. The van der Waals surface area contributed by atoms with Gasteiger partial charge in [0.05, 0.1) is 12.1 Å². The maximum absolute atomic E-state index is 12.8. The number of para-hydroxylation sites is 1. The molecule has 1 saturated heterocycles. The molecule has 0 radical (unpaired) electrons. The van der Waals surface area contributed by atoms with Gasteiger partial charge in [0.15, 0.2) is 0 Å². The van der Waals surface area contributed by atoms with Crippen LogP contribution >= 0.6 is 15.9 Å². The Morgan fingerprint density at radius 1 is 0.970 bits per heavy atom. The number of nitrogens with one attached hydrogen (secondary N) is 1. The number of hydrogen-bond acceptors (Lipinski definition) is 4. The number of carbonyl (C=O) groups excluding carboxylic acids is 2. The Hall–Kier alpha value is -3.91. The van der Waals surface area contributed by atoms with Crippen molar-refractivity contribution in [3.63, 3.8) is 0 Å². The molecule has 7 nitrogen and oxygen atoms in total. The maximum atomic E-state index is 12.8. The molecule has 0 atom stereocenters. The van der Waals surface area contributed by atoms with Crippen molar-refractivity contribution < 1.29 is 24.2 Å². The summed E-state index contributed by atoms with van der Waals surface area (Å²) in [5.41, 5.74) is 2.63. The highest BCUT2D eigenvalue weighted by Crippen LogP contribution is 2.24. The van der Waals surface area contributed by atoms with Gasteiger partial charge in [-0.25, -0.2) is 9.59 Å². The number of hydrogen-bond donors (Lipinski definition) is 2. The van der Waals surface area contributed by atoms with Crippen LogP contribution in [0.25, 0.3) is 6.08 Å². The number of ether oxygens (including phenoxy) is 1. The number of carboxylic acids is 1. The smallest absolute Gasteiger partial charge is 0.335 e. The minimum absolute atomic E-state index is 0.166. The Morgan fingerprint density at radius 2 is 1.64 bits per heavy atom. The molecule has 33 heavy (non-hydrogen) atoms. The summed E-state index contributed by atoms with van der Waals surface area (Å²) in [5, 5.41) is 11.6. The van der Waals surface area contributed by atoms with Crippen molar-refractivity contribution in [3.8, 4) is 5.75 Å². The highest BCUT2D eigenvalue weighted by atomic mass is 79.9. The van der Waals surface area contributed by atoms with Gasteiger partial charge >= 0.3 is 12.0 Å². The van der Waals surface area contributed by atoms with Crippen LogP contribution in [0, 0.1) is 0 Å². The molecule has 8 heteroatoms. The zero-order valence-electron chi connectivity index (χ0n) is 17.3. The molecule has 1 fully saturated rings. The second-order valence-electron chi connectivity index (χ2n) is 7.33. The molecule has 1 heterocycles. The van der Waals surface area contributed by atoms with E-state index in [1.807, 2.05) is 30.3 Å². The van der Waals surface area contributed by atoms with Crippen LogP contribution in [0.3, 0.4) is 0 Å². The maximum Gasteiger partial charge on any atom is 0.335 e. The number of halogens is 1. The van der Waals surface area contributed by atoms with E-state index in [9.17, 15) is 14.4 Å². The number of nitrogens with zero attached hydrogens (tertiary/aromatic N) is 1. The summed E-state index contributed by atoms with van der Waals surface area (Å²) in [4.78, 5) is 37.4. The third kappa shape index (κ3) is 5.30. The van der Waals surface area contributed by atoms with Crippen LogP contribution in [0.15, 0.2) is 83.0 Å². The first-order valence-corrected chi connectivity index (χ1v) is 10.8. The van der Waals surface area contributed by atoms with Crippen molar-refractivity contribution in [1.29, 1.82) is 0 Å². The molecule has 0 aliphatic carbocycles. The average molecular weight is 507 g/mol. The topological polar surface area (TPSA) is 95.9 Å². The lowest BCUT2D eigenvalue weighted by atomic mass is 10.1. The minimum atomic E-state index is -0.989. The Balaban J connectivity index is 1.48. The van der Waals surface area contributed by atoms with Gasteiger partial charge < -0.3 is 15.2 Å². The molecule has 0 aromatic heterocycles. The Kier molecular flexibility index (Phi) is 6.55. The molecule has 0 unspecified atom stereocenters. The van der Waals surface area contributed by atoms with Crippen LogP contribution in [0.4, 0.5) is 4.79 Å². The van der Waals surface area contributed by atoms with E-state index in [0.717, 1.165) is 20.5 Å². The number of amides is 3. The van der Waals surface area contributed by atoms with E-state index < -0.39 is 17.9 Å². The van der Waals surface area contributed by atoms with Crippen LogP contribution in [-0.2, 0) is 17.9 Å². The number of carboxylic acid groups (broad SMARTS) is 1. The first-order chi connectivity index (χ1) is 15.9. The molecule has 4 rings (SSSR count). The summed E-state index contributed by atoms with van der Waals surface area (Å²) in [7, 11) is 0. The van der Waals surface area contributed by atoms with E-state index in [4.69, 9.17) is 9.84 Å². The lowest BCUT2D eigenvalue weighted by molar-refractivity contribution is -0.123. The van der Waals surface area contributed by atoms with Gasteiger partial charge in [-0.05, 0) is 47.5 Å². The normalized spacial score (nSPS) is 14.5. The van der Waals surface area contributed by atoms with Crippen molar-refractivity contribution in [1.82, 2.24) is 10.2 Å². The number of imide groups is 1. The van der Waals surface area contributed by atoms with Crippen LogP contribution in [-0.4, -0.2) is 27.9 Å². The van der Waals surface area contributed by atoms with Gasteiger partial charge in [0.2, 0.25) is 0 Å². The Labute approximate surface area is 198 Å². The summed E-state index contributed by atoms with van der Waals surface area (Å²) in [6.07, 6.45) is 1.59. The van der Waals surface area contributed by atoms with E-state index >= 15 is 0 Å². The second-order valence-corrected chi connectivity index (χ2v) is 8.25. The van der Waals surface area contributed by atoms with Gasteiger partial charge in [-0.3, -0.25) is 9.69 Å². The molecule has 3 aromatic carbocycles. The van der Waals surface area contributed by atoms with Crippen LogP contribution in [0.2, 0.25) is 0 Å². The number of carbonyl (C=O) groups is 3. The monoisotopic (exact) mass is 506 g/mol. The molecule has 1 aliphatic rings. The van der Waals surface area contributed by atoms with Crippen molar-refractivity contribution in [2.75, 3.05) is 0 Å². The fraction of sp³-hybridized carbons (Fsp3) is 0.0800. The lowest BCUT2D eigenvalue weighted by Crippen LogP contribution is -2.30. The molecule has 1 aliphatic heterocycles. The molecule has 0 spiro atoms. The third-order valence-electron chi connectivity index (χ3n) is 5.03. The molecule has 3 amide bonds. The van der Waals surface area contributed by atoms with Gasteiger partial charge in [0.25, 0.3) is 5.91 Å². The highest BCUT2D eigenvalue weighted by Gasteiger charge is 2.33. The minimum Gasteiger partial charge on any atom is -0.488 e. The summed E-state index contributed by atoms with van der Waals surface area (Å²) in [5.74, 6) is -0.875. The second kappa shape index (κ2) is 9.70. The first kappa shape index (κ1) is 22.3. The van der Waals surface area contributed by atoms with E-state index in [1.54, 1.807) is 36.4 Å². The van der Waals surface area contributed by atoms with Crippen molar-refractivity contribution >= 4 is 39.9 Å². The van der Waals surface area contributed by atoms with Crippen LogP contribution in [0.1, 0.15) is 27.0 Å². The van der Waals surface area contributed by atoms with Crippen molar-refractivity contribution in [2.45, 2.75) is 13.2 Å². The molecule has 0 saturated carbocycles. The summed E-state index contributed by atoms with van der Waals surface area (Å²) >= 11 is 3.37. The van der Waals surface area contributed by atoms with Crippen LogP contribution < -0.4 is 10.1 Å². The average Bonchev–Trinajstić information content (AvgIpc) is 3.07. The predicted molar refractivity (Wildman–Crippen MR) is 125 cm³/mol. The van der Waals surface area contributed by atoms with E-state index in [-0.39, 0.29) is 24.4 Å². The van der Waals surface area contributed by atoms with Gasteiger partial charge in [0.1, 0.15) is 18.1 Å². The van der Waals surface area contributed by atoms with Gasteiger partial charge in [0, 0.05) is 10.0 Å². The molecule has 0 bridgehead atoms. The first-order valence-electron chi connectivity index (χ1n) is 10.0. The molecule has 166 valence electrons. The molecular formula is C25H19BrN2O5. The molecular weight excluding hydrogens is 488 g/mol. The fourth-order valence-electron chi connectivity index (χ4n) is 3.28. The van der Waals surface area contributed by atoms with E-state index in [0.29, 0.717) is 11.3 Å². The molecule has 3 aromatic rings. The predicted octanol–water partition coefficient (Wildman–Crippen LogP) is 4.82. The van der Waals surface area contributed by atoms with Crippen LogP contribution in [0.5, 0.6) is 5.75 Å². The standard InChI is InChI=1S/C25H19BrN2O5/c26-20-11-7-16(8-12-20)14-28-23(29)21(27-25(28)32)13-19-3-1-2-4-22(19)33-15-17-5-9-18(10-6-17)24(30)31/h1-13H,14-15H2,(H,27,32)(H,30,31)/b21-13+. The Bertz CT molecular complexity index is 1240. The van der Waals surface area contributed by atoms with E-state index in [1.165, 1.54) is 12.1 Å². The number of benzene rings is 3. The largest absolute Gasteiger partial charge is 0.488 e. The molecule has 2 N–H and O–H groups in total. The summed E-state index contributed by atoms with van der Waals surface area (Å²) in [6.45, 7) is 0.385. The fourth-order valence-corrected chi connectivity index (χ4v) is 3.54. The SMILES string of the molecule is O=C(O)c1ccc(COc2ccccc2/C=C2/NC(=O)N(Cc3ccc(Br)cc3)C2=O)cc1. The van der Waals surface area contributed by atoms with E-state index in [2.05, 4.69) is 21.2 Å². The van der Waals surface area contributed by atoms with Crippen molar-refractivity contribution in [3.05, 3.63) is 105 Å². The number of urea groups is 1. The zero-order chi connectivity index (χ0) is 23.4. The summed E-state index contributed by atoms with van der Waals surface area (Å²) < 4.78 is 6.81. The van der Waals surface area contributed by atoms with Gasteiger partial charge in [-0.15, -0.1) is 0 Å². The third-order valence-corrected chi connectivity index (χ3v) is 5.56. The summed E-state index contributed by atoms with van der Waals surface area (Å²) in [6, 6.07) is 20.5. The number of rotatable bonds is 7. The van der Waals surface area contributed by atoms with Gasteiger partial charge in [-0.1, -0.05) is 58.4 Å². The number of aromatic carboxylic acids is 1. The highest BCUT2D eigenvalue weighted by molar-refractivity contribution is 9.10. The van der Waals surface area contributed by atoms with Crippen molar-refractivity contribution in [2.24, 2.45) is 0 Å². The quantitative estimate of drug-likeness (QED) is 0.353. The zero-order valence-corrected chi connectivity index (χ0v) is 18.9.